The summed E-state index contributed by atoms with van der Waals surface area (Å²) in [6.45, 7) is 7.42. The van der Waals surface area contributed by atoms with Crippen molar-refractivity contribution in [3.63, 3.8) is 0 Å². The van der Waals surface area contributed by atoms with Gasteiger partial charge in [0.25, 0.3) is 0 Å². The van der Waals surface area contributed by atoms with E-state index in [4.69, 9.17) is 0 Å². The van der Waals surface area contributed by atoms with Crippen LogP contribution in [0.2, 0.25) is 0 Å². The van der Waals surface area contributed by atoms with Gasteiger partial charge in [-0.25, -0.2) is 0 Å². The topological polar surface area (TPSA) is 32.3 Å². The molecule has 0 aromatic heterocycles. The number of nitrogens with one attached hydrogen (secondary N) is 1. The minimum atomic E-state index is -0.411. The zero-order valence-electron chi connectivity index (χ0n) is 9.90. The average molecular weight is 199 g/mol. The molecule has 0 aromatic rings. The summed E-state index contributed by atoms with van der Waals surface area (Å²) in [6, 6.07) is 0. The molecule has 2 heteroatoms. The van der Waals surface area contributed by atoms with Crippen molar-refractivity contribution >= 4 is 0 Å². The maximum absolute atomic E-state index is 10.2. The molecule has 0 heterocycles. The largest absolute Gasteiger partial charge is 0.389 e. The lowest BCUT2D eigenvalue weighted by atomic mass is 9.93. The molecule has 0 unspecified atom stereocenters. The summed E-state index contributed by atoms with van der Waals surface area (Å²) in [4.78, 5) is 0. The fourth-order valence-corrected chi connectivity index (χ4v) is 2.09. The first kappa shape index (κ1) is 12.0. The summed E-state index contributed by atoms with van der Waals surface area (Å²) in [5.41, 5.74) is -0.204. The smallest absolute Gasteiger partial charge is 0.0771 e. The number of aliphatic hydroxyl groups is 1. The molecule has 1 saturated carbocycles. The van der Waals surface area contributed by atoms with Crippen molar-refractivity contribution in [2.45, 2.75) is 70.4 Å². The van der Waals surface area contributed by atoms with E-state index in [9.17, 15) is 5.11 Å². The minimum absolute atomic E-state index is 0.207. The van der Waals surface area contributed by atoms with Crippen LogP contribution in [-0.4, -0.2) is 22.8 Å². The van der Waals surface area contributed by atoms with Crippen molar-refractivity contribution in [2.24, 2.45) is 0 Å². The molecule has 0 radical (unpaired) electrons. The van der Waals surface area contributed by atoms with E-state index in [0.717, 1.165) is 32.2 Å². The van der Waals surface area contributed by atoms with Crippen molar-refractivity contribution in [1.82, 2.24) is 5.32 Å². The SMILES string of the molecule is CCC(C)(CC)NCC1(O)CCCC1. The van der Waals surface area contributed by atoms with Gasteiger partial charge in [-0.1, -0.05) is 26.7 Å². The van der Waals surface area contributed by atoms with Crippen LogP contribution in [0.5, 0.6) is 0 Å². The highest BCUT2D eigenvalue weighted by atomic mass is 16.3. The summed E-state index contributed by atoms with van der Waals surface area (Å²) >= 11 is 0. The second-order valence-corrected chi connectivity index (χ2v) is 5.05. The Morgan fingerprint density at radius 3 is 2.14 bits per heavy atom. The quantitative estimate of drug-likeness (QED) is 0.713. The molecular weight excluding hydrogens is 174 g/mol. The van der Waals surface area contributed by atoms with Gasteiger partial charge >= 0.3 is 0 Å². The van der Waals surface area contributed by atoms with E-state index in [2.05, 4.69) is 26.1 Å². The highest BCUT2D eigenvalue weighted by Crippen LogP contribution is 2.29. The third-order valence-electron chi connectivity index (χ3n) is 3.94. The van der Waals surface area contributed by atoms with Gasteiger partial charge in [-0.05, 0) is 32.6 Å². The summed E-state index contributed by atoms with van der Waals surface area (Å²) in [5, 5.41) is 13.7. The molecule has 1 fully saturated rings. The van der Waals surface area contributed by atoms with Crippen LogP contribution in [0, 0.1) is 0 Å². The molecule has 0 aliphatic heterocycles. The first-order valence-corrected chi connectivity index (χ1v) is 6.01. The maximum Gasteiger partial charge on any atom is 0.0771 e. The van der Waals surface area contributed by atoms with Gasteiger partial charge in [-0.3, -0.25) is 0 Å². The van der Waals surface area contributed by atoms with Crippen molar-refractivity contribution in [2.75, 3.05) is 6.54 Å². The van der Waals surface area contributed by atoms with Crippen LogP contribution >= 0.6 is 0 Å². The van der Waals surface area contributed by atoms with Gasteiger partial charge in [0, 0.05) is 12.1 Å². The Morgan fingerprint density at radius 1 is 1.21 bits per heavy atom. The minimum Gasteiger partial charge on any atom is -0.389 e. The van der Waals surface area contributed by atoms with Crippen LogP contribution in [0.25, 0.3) is 0 Å². The molecule has 2 N–H and O–H groups in total. The van der Waals surface area contributed by atoms with E-state index in [1.54, 1.807) is 0 Å². The summed E-state index contributed by atoms with van der Waals surface area (Å²) in [6.07, 6.45) is 6.58. The summed E-state index contributed by atoms with van der Waals surface area (Å²) < 4.78 is 0. The third kappa shape index (κ3) is 2.96. The van der Waals surface area contributed by atoms with Crippen molar-refractivity contribution in [1.29, 1.82) is 0 Å². The van der Waals surface area contributed by atoms with E-state index in [0.29, 0.717) is 0 Å². The fourth-order valence-electron chi connectivity index (χ4n) is 2.09. The maximum atomic E-state index is 10.2. The van der Waals surface area contributed by atoms with Gasteiger partial charge in [-0.15, -0.1) is 0 Å². The number of rotatable bonds is 5. The monoisotopic (exact) mass is 199 g/mol. The van der Waals surface area contributed by atoms with Gasteiger partial charge in [0.05, 0.1) is 5.60 Å². The fraction of sp³-hybridized carbons (Fsp3) is 1.00. The lowest BCUT2D eigenvalue weighted by Gasteiger charge is -2.33. The Bertz CT molecular complexity index is 165. The van der Waals surface area contributed by atoms with Gasteiger partial charge in [0.15, 0.2) is 0 Å². The first-order chi connectivity index (χ1) is 6.54. The van der Waals surface area contributed by atoms with Crippen molar-refractivity contribution < 1.29 is 5.11 Å². The number of β-amino-alcohol motifs (C(OH)–C–C–N with tert-alkyl or cyclic N) is 1. The van der Waals surface area contributed by atoms with E-state index in [1.807, 2.05) is 0 Å². The van der Waals surface area contributed by atoms with Gasteiger partial charge in [0.1, 0.15) is 0 Å². The molecule has 1 rings (SSSR count). The Morgan fingerprint density at radius 2 is 1.71 bits per heavy atom. The normalized spacial score (nSPS) is 21.4. The molecular formula is C12H25NO. The Hall–Kier alpha value is -0.0800. The second-order valence-electron chi connectivity index (χ2n) is 5.05. The van der Waals surface area contributed by atoms with Crippen molar-refractivity contribution in [3.05, 3.63) is 0 Å². The molecule has 84 valence electrons. The van der Waals surface area contributed by atoms with E-state index < -0.39 is 5.60 Å². The standard InChI is InChI=1S/C12H25NO/c1-4-11(3,5-2)13-10-12(14)8-6-7-9-12/h13-14H,4-10H2,1-3H3. The zero-order chi connectivity index (χ0) is 10.7. The molecule has 0 bridgehead atoms. The second kappa shape index (κ2) is 4.63. The molecule has 0 atom stereocenters. The molecule has 0 saturated heterocycles. The lowest BCUT2D eigenvalue weighted by Crippen LogP contribution is -2.49. The van der Waals surface area contributed by atoms with Crippen LogP contribution in [0.3, 0.4) is 0 Å². The Kier molecular flexibility index (Phi) is 3.96. The van der Waals surface area contributed by atoms with E-state index in [-0.39, 0.29) is 5.54 Å². The number of hydrogen-bond acceptors (Lipinski definition) is 2. The predicted molar refractivity (Wildman–Crippen MR) is 60.4 cm³/mol. The van der Waals surface area contributed by atoms with Crippen LogP contribution in [0.1, 0.15) is 59.3 Å². The molecule has 1 aliphatic carbocycles. The van der Waals surface area contributed by atoms with Crippen LogP contribution in [-0.2, 0) is 0 Å². The third-order valence-corrected chi connectivity index (χ3v) is 3.94. The Labute approximate surface area is 88.1 Å². The van der Waals surface area contributed by atoms with E-state index in [1.165, 1.54) is 12.8 Å². The highest BCUT2D eigenvalue weighted by molar-refractivity contribution is 4.90. The first-order valence-electron chi connectivity index (χ1n) is 6.01. The molecule has 14 heavy (non-hydrogen) atoms. The van der Waals surface area contributed by atoms with E-state index >= 15 is 0 Å². The highest BCUT2D eigenvalue weighted by Gasteiger charge is 2.32. The average Bonchev–Trinajstić information content (AvgIpc) is 2.63. The zero-order valence-corrected chi connectivity index (χ0v) is 9.90. The number of hydrogen-bond donors (Lipinski definition) is 2. The molecule has 2 nitrogen and oxygen atoms in total. The summed E-state index contributed by atoms with van der Waals surface area (Å²) in [7, 11) is 0. The molecule has 0 spiro atoms. The van der Waals surface area contributed by atoms with Crippen LogP contribution < -0.4 is 5.32 Å². The van der Waals surface area contributed by atoms with Gasteiger partial charge < -0.3 is 10.4 Å². The van der Waals surface area contributed by atoms with Crippen LogP contribution in [0.15, 0.2) is 0 Å². The summed E-state index contributed by atoms with van der Waals surface area (Å²) in [5.74, 6) is 0. The molecule has 0 aromatic carbocycles. The molecule has 1 aliphatic rings. The van der Waals surface area contributed by atoms with Gasteiger partial charge in [-0.2, -0.15) is 0 Å². The van der Waals surface area contributed by atoms with Gasteiger partial charge in [0.2, 0.25) is 0 Å². The lowest BCUT2D eigenvalue weighted by molar-refractivity contribution is 0.0387. The predicted octanol–water partition coefficient (Wildman–Crippen LogP) is 2.46. The van der Waals surface area contributed by atoms with Crippen molar-refractivity contribution in [3.8, 4) is 0 Å². The van der Waals surface area contributed by atoms with Crippen LogP contribution in [0.4, 0.5) is 0 Å². The Balaban J connectivity index is 2.38. The molecule has 0 amide bonds.